The summed E-state index contributed by atoms with van der Waals surface area (Å²) in [6, 6.07) is 0.0585. The SMILES string of the molecule is COC[C@@H]1CCCN1C(=O)OC1CC[C@]2(CO2)C([C@@](C)(O)[C@H](C)CC=C(C)C)C1OC. The van der Waals surface area contributed by atoms with E-state index in [1.54, 1.807) is 19.1 Å². The lowest BCUT2D eigenvalue weighted by Crippen LogP contribution is -2.61. The van der Waals surface area contributed by atoms with Crippen molar-refractivity contribution in [1.29, 1.82) is 0 Å². The maximum atomic E-state index is 13.0. The fourth-order valence-electron chi connectivity index (χ4n) is 5.51. The number of methoxy groups -OCH3 is 2. The number of carbonyl (C=O) groups excluding carboxylic acids is 1. The molecule has 7 atom stereocenters. The second-order valence-corrected chi connectivity index (χ2v) is 10.1. The minimum absolute atomic E-state index is 0.00485. The number of aliphatic hydroxyl groups is 1. The van der Waals surface area contributed by atoms with Gasteiger partial charge in [0.25, 0.3) is 0 Å². The second-order valence-electron chi connectivity index (χ2n) is 10.1. The molecular formula is C24H41NO6. The lowest BCUT2D eigenvalue weighted by Gasteiger charge is -2.49. The molecule has 2 saturated heterocycles. The van der Waals surface area contributed by atoms with Crippen LogP contribution in [-0.2, 0) is 18.9 Å². The third-order valence-electron chi connectivity index (χ3n) is 7.63. The van der Waals surface area contributed by atoms with E-state index in [0.29, 0.717) is 26.2 Å². The van der Waals surface area contributed by atoms with Gasteiger partial charge in [0.1, 0.15) is 12.2 Å². The van der Waals surface area contributed by atoms with Crippen molar-refractivity contribution in [3.8, 4) is 0 Å². The highest BCUT2D eigenvalue weighted by molar-refractivity contribution is 5.68. The number of nitrogens with zero attached hydrogens (tertiary/aromatic N) is 1. The van der Waals surface area contributed by atoms with Crippen molar-refractivity contribution in [2.75, 3.05) is 34.0 Å². The molecule has 1 amide bonds. The molecule has 0 bridgehead atoms. The van der Waals surface area contributed by atoms with Crippen molar-refractivity contribution in [2.45, 2.75) is 89.3 Å². The molecule has 0 radical (unpaired) electrons. The van der Waals surface area contributed by atoms with Crippen molar-refractivity contribution in [3.05, 3.63) is 11.6 Å². The van der Waals surface area contributed by atoms with Crippen LogP contribution in [0.2, 0.25) is 0 Å². The fraction of sp³-hybridized carbons (Fsp3) is 0.875. The zero-order valence-electron chi connectivity index (χ0n) is 20.1. The summed E-state index contributed by atoms with van der Waals surface area (Å²) in [5, 5.41) is 11.7. The Labute approximate surface area is 187 Å². The Morgan fingerprint density at radius 2 is 2.06 bits per heavy atom. The van der Waals surface area contributed by atoms with Gasteiger partial charge < -0.3 is 29.0 Å². The third-order valence-corrected chi connectivity index (χ3v) is 7.63. The van der Waals surface area contributed by atoms with Gasteiger partial charge in [0.05, 0.1) is 30.5 Å². The quantitative estimate of drug-likeness (QED) is 0.460. The summed E-state index contributed by atoms with van der Waals surface area (Å²) in [6.07, 6.45) is 5.09. The van der Waals surface area contributed by atoms with E-state index in [-0.39, 0.29) is 24.0 Å². The first-order chi connectivity index (χ1) is 14.7. The van der Waals surface area contributed by atoms with Gasteiger partial charge in [-0.2, -0.15) is 0 Å². The standard InChI is InChI=1S/C24H41NO6/c1-16(2)9-10-17(3)23(4,27)21-20(29-6)19(11-12-24(21)15-30-24)31-22(26)25-13-7-8-18(25)14-28-5/h9,17-21,27H,7-8,10-15H2,1-6H3/t17-,18+,19?,20?,21?,23+,24+/m1/s1. The van der Waals surface area contributed by atoms with Crippen LogP contribution >= 0.6 is 0 Å². The van der Waals surface area contributed by atoms with Gasteiger partial charge in [0.2, 0.25) is 0 Å². The molecule has 31 heavy (non-hydrogen) atoms. The van der Waals surface area contributed by atoms with E-state index in [1.165, 1.54) is 5.57 Å². The van der Waals surface area contributed by atoms with Crippen LogP contribution in [0.1, 0.15) is 59.8 Å². The van der Waals surface area contributed by atoms with Crippen molar-refractivity contribution in [3.63, 3.8) is 0 Å². The molecule has 2 aliphatic heterocycles. The number of ether oxygens (including phenoxy) is 4. The number of hydrogen-bond acceptors (Lipinski definition) is 6. The van der Waals surface area contributed by atoms with Gasteiger partial charge in [-0.15, -0.1) is 0 Å². The molecule has 3 unspecified atom stereocenters. The Morgan fingerprint density at radius 3 is 2.65 bits per heavy atom. The summed E-state index contributed by atoms with van der Waals surface area (Å²) < 4.78 is 23.1. The average molecular weight is 440 g/mol. The molecule has 0 aromatic rings. The van der Waals surface area contributed by atoms with Gasteiger partial charge in [0, 0.05) is 26.7 Å². The first kappa shape index (κ1) is 24.5. The summed E-state index contributed by atoms with van der Waals surface area (Å²) in [7, 11) is 3.29. The van der Waals surface area contributed by atoms with Crippen molar-refractivity contribution >= 4 is 6.09 Å². The van der Waals surface area contributed by atoms with Gasteiger partial charge in [-0.25, -0.2) is 4.79 Å². The normalized spacial score (nSPS) is 35.5. The molecular weight excluding hydrogens is 398 g/mol. The van der Waals surface area contributed by atoms with Crippen molar-refractivity contribution in [1.82, 2.24) is 4.90 Å². The molecule has 3 rings (SSSR count). The number of allylic oxidation sites excluding steroid dienone is 2. The molecule has 178 valence electrons. The summed E-state index contributed by atoms with van der Waals surface area (Å²) in [4.78, 5) is 14.8. The number of amides is 1. The zero-order valence-corrected chi connectivity index (χ0v) is 20.1. The van der Waals surface area contributed by atoms with Crippen molar-refractivity contribution in [2.24, 2.45) is 11.8 Å². The van der Waals surface area contributed by atoms with E-state index in [2.05, 4.69) is 26.8 Å². The van der Waals surface area contributed by atoms with E-state index in [0.717, 1.165) is 25.7 Å². The van der Waals surface area contributed by atoms with Crippen LogP contribution in [0.4, 0.5) is 4.79 Å². The number of likely N-dealkylation sites (tertiary alicyclic amines) is 1. The molecule has 1 saturated carbocycles. The lowest BCUT2D eigenvalue weighted by atomic mass is 9.63. The van der Waals surface area contributed by atoms with Crippen LogP contribution in [0.3, 0.4) is 0 Å². The van der Waals surface area contributed by atoms with Crippen LogP contribution in [0.15, 0.2) is 11.6 Å². The predicted molar refractivity (Wildman–Crippen MR) is 118 cm³/mol. The van der Waals surface area contributed by atoms with Crippen molar-refractivity contribution < 1.29 is 28.8 Å². The summed E-state index contributed by atoms with van der Waals surface area (Å²) in [5.41, 5.74) is -0.186. The minimum atomic E-state index is -1.03. The van der Waals surface area contributed by atoms with Gasteiger partial charge in [-0.1, -0.05) is 18.6 Å². The summed E-state index contributed by atoms with van der Waals surface area (Å²) in [6.45, 7) is 9.90. The van der Waals surface area contributed by atoms with E-state index >= 15 is 0 Å². The van der Waals surface area contributed by atoms with Crippen LogP contribution in [-0.4, -0.2) is 79.5 Å². The van der Waals surface area contributed by atoms with Gasteiger partial charge in [-0.3, -0.25) is 0 Å². The van der Waals surface area contributed by atoms with E-state index in [9.17, 15) is 9.90 Å². The highest BCUT2D eigenvalue weighted by Gasteiger charge is 2.65. The highest BCUT2D eigenvalue weighted by Crippen LogP contribution is 2.54. The number of rotatable bonds is 8. The Kier molecular flexibility index (Phi) is 7.72. The summed E-state index contributed by atoms with van der Waals surface area (Å²) >= 11 is 0. The van der Waals surface area contributed by atoms with Crippen LogP contribution in [0.25, 0.3) is 0 Å². The van der Waals surface area contributed by atoms with Crippen LogP contribution < -0.4 is 0 Å². The van der Waals surface area contributed by atoms with Crippen LogP contribution in [0.5, 0.6) is 0 Å². The number of carbonyl (C=O) groups is 1. The molecule has 1 spiro atoms. The highest BCUT2D eigenvalue weighted by atomic mass is 16.6. The van der Waals surface area contributed by atoms with Gasteiger partial charge >= 0.3 is 6.09 Å². The first-order valence-corrected chi connectivity index (χ1v) is 11.6. The average Bonchev–Trinajstić information content (AvgIpc) is 3.32. The molecule has 3 fully saturated rings. The molecule has 7 heteroatoms. The molecule has 2 heterocycles. The summed E-state index contributed by atoms with van der Waals surface area (Å²) in [5.74, 6) is -0.268. The number of hydrogen-bond donors (Lipinski definition) is 1. The molecule has 0 aromatic carbocycles. The lowest BCUT2D eigenvalue weighted by molar-refractivity contribution is -0.179. The Bertz CT molecular complexity index is 654. The largest absolute Gasteiger partial charge is 0.443 e. The fourth-order valence-corrected chi connectivity index (χ4v) is 5.51. The first-order valence-electron chi connectivity index (χ1n) is 11.6. The maximum Gasteiger partial charge on any atom is 0.410 e. The minimum Gasteiger partial charge on any atom is -0.443 e. The Hall–Kier alpha value is -1.15. The second kappa shape index (κ2) is 9.77. The molecule has 1 aliphatic carbocycles. The topological polar surface area (TPSA) is 80.8 Å². The van der Waals surface area contributed by atoms with E-state index < -0.39 is 23.4 Å². The third kappa shape index (κ3) is 5.10. The van der Waals surface area contributed by atoms with Gasteiger partial charge in [0.15, 0.2) is 0 Å². The molecule has 1 N–H and O–H groups in total. The smallest absolute Gasteiger partial charge is 0.410 e. The molecule has 7 nitrogen and oxygen atoms in total. The Morgan fingerprint density at radius 1 is 1.35 bits per heavy atom. The van der Waals surface area contributed by atoms with Gasteiger partial charge in [-0.05, 0) is 58.8 Å². The zero-order chi connectivity index (χ0) is 22.8. The van der Waals surface area contributed by atoms with Crippen LogP contribution in [0, 0.1) is 11.8 Å². The Balaban J connectivity index is 1.77. The molecule has 0 aromatic heterocycles. The monoisotopic (exact) mass is 439 g/mol. The number of epoxide rings is 1. The predicted octanol–water partition coefficient (Wildman–Crippen LogP) is 3.54. The molecule has 3 aliphatic rings. The van der Waals surface area contributed by atoms with E-state index in [4.69, 9.17) is 18.9 Å². The van der Waals surface area contributed by atoms with E-state index in [1.807, 2.05) is 6.92 Å². The maximum absolute atomic E-state index is 13.0.